The quantitative estimate of drug-likeness (QED) is 0.830. The molecule has 5 heteroatoms. The predicted octanol–water partition coefficient (Wildman–Crippen LogP) is 3.16. The summed E-state index contributed by atoms with van der Waals surface area (Å²) in [6.07, 6.45) is 1.08. The summed E-state index contributed by atoms with van der Waals surface area (Å²) in [7, 11) is 4.14. The Hall–Kier alpha value is -1.65. The number of nitrogens with one attached hydrogen (secondary N) is 1. The second-order valence-corrected chi connectivity index (χ2v) is 5.33. The Balaban J connectivity index is 1.91. The van der Waals surface area contributed by atoms with Crippen LogP contribution in [-0.4, -0.2) is 42.3 Å². The third kappa shape index (κ3) is 4.47. The van der Waals surface area contributed by atoms with Crippen LogP contribution in [0, 0.1) is 0 Å². The lowest BCUT2D eigenvalue weighted by Gasteiger charge is -2.10. The van der Waals surface area contributed by atoms with E-state index >= 15 is 0 Å². The predicted molar refractivity (Wildman–Crippen MR) is 84.1 cm³/mol. The molecule has 0 saturated heterocycles. The zero-order valence-corrected chi connectivity index (χ0v) is 12.6. The van der Waals surface area contributed by atoms with Gasteiger partial charge in [-0.15, -0.1) is 10.2 Å². The molecule has 0 aliphatic rings. The van der Waals surface area contributed by atoms with Crippen LogP contribution in [0.5, 0.6) is 0 Å². The van der Waals surface area contributed by atoms with Gasteiger partial charge in [0.1, 0.15) is 5.82 Å². The minimum Gasteiger partial charge on any atom is -0.369 e. The molecule has 1 aromatic carbocycles. The lowest BCUT2D eigenvalue weighted by atomic mass is 10.1. The summed E-state index contributed by atoms with van der Waals surface area (Å²) in [6.45, 7) is 1.95. The van der Waals surface area contributed by atoms with Crippen molar-refractivity contribution in [2.45, 2.75) is 6.42 Å². The van der Waals surface area contributed by atoms with Crippen molar-refractivity contribution in [2.24, 2.45) is 0 Å². The molecule has 0 aliphatic carbocycles. The van der Waals surface area contributed by atoms with Gasteiger partial charge in [0.15, 0.2) is 0 Å². The van der Waals surface area contributed by atoms with E-state index in [2.05, 4.69) is 34.5 Å². The molecule has 4 nitrogen and oxygen atoms in total. The lowest BCUT2D eigenvalue weighted by molar-refractivity contribution is 0.405. The standard InChI is InChI=1S/C15H19ClN4/c1-20(2)11-3-10-17-15-9-8-14(18-19-15)12-4-6-13(16)7-5-12/h4-9H,3,10-11H2,1-2H3,(H,17,19). The van der Waals surface area contributed by atoms with Gasteiger partial charge in [0.2, 0.25) is 0 Å². The molecule has 0 amide bonds. The van der Waals surface area contributed by atoms with Crippen molar-refractivity contribution in [3.8, 4) is 11.3 Å². The second-order valence-electron chi connectivity index (χ2n) is 4.89. The number of hydrogen-bond donors (Lipinski definition) is 1. The maximum Gasteiger partial charge on any atom is 0.148 e. The van der Waals surface area contributed by atoms with E-state index in [1.807, 2.05) is 36.4 Å². The van der Waals surface area contributed by atoms with E-state index in [-0.39, 0.29) is 0 Å². The molecule has 0 atom stereocenters. The van der Waals surface area contributed by atoms with E-state index in [1.54, 1.807) is 0 Å². The first-order valence-corrected chi connectivity index (χ1v) is 7.01. The van der Waals surface area contributed by atoms with Crippen LogP contribution in [0.25, 0.3) is 11.3 Å². The summed E-state index contributed by atoms with van der Waals surface area (Å²) >= 11 is 5.87. The number of aromatic nitrogens is 2. The Bertz CT molecular complexity index is 523. The largest absolute Gasteiger partial charge is 0.369 e. The number of benzene rings is 1. The monoisotopic (exact) mass is 290 g/mol. The minimum atomic E-state index is 0.723. The molecular formula is C15H19ClN4. The third-order valence-electron chi connectivity index (χ3n) is 2.89. The number of nitrogens with zero attached hydrogens (tertiary/aromatic N) is 3. The van der Waals surface area contributed by atoms with Crippen molar-refractivity contribution >= 4 is 17.4 Å². The van der Waals surface area contributed by atoms with Crippen LogP contribution >= 0.6 is 11.6 Å². The fourth-order valence-electron chi connectivity index (χ4n) is 1.81. The molecule has 0 unspecified atom stereocenters. The van der Waals surface area contributed by atoms with E-state index < -0.39 is 0 Å². The maximum absolute atomic E-state index is 5.87. The summed E-state index contributed by atoms with van der Waals surface area (Å²) in [6, 6.07) is 11.5. The molecule has 1 N–H and O–H groups in total. The van der Waals surface area contributed by atoms with E-state index in [1.165, 1.54) is 0 Å². The average Bonchev–Trinajstić information content (AvgIpc) is 2.45. The minimum absolute atomic E-state index is 0.723. The Morgan fingerprint density at radius 3 is 2.40 bits per heavy atom. The molecule has 0 fully saturated rings. The van der Waals surface area contributed by atoms with Gasteiger partial charge in [0.25, 0.3) is 0 Å². The van der Waals surface area contributed by atoms with Crippen molar-refractivity contribution < 1.29 is 0 Å². The van der Waals surface area contributed by atoms with Gasteiger partial charge in [0, 0.05) is 17.1 Å². The zero-order chi connectivity index (χ0) is 14.4. The van der Waals surface area contributed by atoms with E-state index in [0.29, 0.717) is 0 Å². The summed E-state index contributed by atoms with van der Waals surface area (Å²) in [5.74, 6) is 0.807. The third-order valence-corrected chi connectivity index (χ3v) is 3.14. The topological polar surface area (TPSA) is 41.0 Å². The van der Waals surface area contributed by atoms with Crippen molar-refractivity contribution in [1.82, 2.24) is 15.1 Å². The molecule has 106 valence electrons. The fourth-order valence-corrected chi connectivity index (χ4v) is 1.94. The first-order valence-electron chi connectivity index (χ1n) is 6.63. The van der Waals surface area contributed by atoms with Gasteiger partial charge >= 0.3 is 0 Å². The fraction of sp³-hybridized carbons (Fsp3) is 0.333. The van der Waals surface area contributed by atoms with Gasteiger partial charge in [-0.3, -0.25) is 0 Å². The maximum atomic E-state index is 5.87. The highest BCUT2D eigenvalue weighted by Crippen LogP contribution is 2.19. The summed E-state index contributed by atoms with van der Waals surface area (Å²) in [5, 5.41) is 12.4. The number of halogens is 1. The number of anilines is 1. The van der Waals surface area contributed by atoms with Crippen LogP contribution < -0.4 is 5.32 Å². The van der Waals surface area contributed by atoms with E-state index in [0.717, 1.165) is 41.6 Å². The molecule has 0 radical (unpaired) electrons. The number of rotatable bonds is 6. The highest BCUT2D eigenvalue weighted by molar-refractivity contribution is 6.30. The van der Waals surface area contributed by atoms with Gasteiger partial charge in [-0.1, -0.05) is 23.7 Å². The first-order chi connectivity index (χ1) is 9.65. The molecule has 2 rings (SSSR count). The Morgan fingerprint density at radius 2 is 1.80 bits per heavy atom. The van der Waals surface area contributed by atoms with E-state index in [4.69, 9.17) is 11.6 Å². The highest BCUT2D eigenvalue weighted by atomic mass is 35.5. The van der Waals surface area contributed by atoms with Crippen LogP contribution in [0.2, 0.25) is 5.02 Å². The first kappa shape index (κ1) is 14.8. The van der Waals surface area contributed by atoms with Gasteiger partial charge < -0.3 is 10.2 Å². The smallest absolute Gasteiger partial charge is 0.148 e. The van der Waals surface area contributed by atoms with Crippen molar-refractivity contribution in [1.29, 1.82) is 0 Å². The molecule has 0 bridgehead atoms. The highest BCUT2D eigenvalue weighted by Gasteiger charge is 2.01. The van der Waals surface area contributed by atoms with Crippen LogP contribution in [0.3, 0.4) is 0 Å². The molecular weight excluding hydrogens is 272 g/mol. The summed E-state index contributed by atoms with van der Waals surface area (Å²) in [4.78, 5) is 2.16. The normalized spacial score (nSPS) is 10.8. The van der Waals surface area contributed by atoms with E-state index in [9.17, 15) is 0 Å². The molecule has 0 spiro atoms. The van der Waals surface area contributed by atoms with Gasteiger partial charge in [-0.25, -0.2) is 0 Å². The molecule has 1 heterocycles. The SMILES string of the molecule is CN(C)CCCNc1ccc(-c2ccc(Cl)cc2)nn1. The lowest BCUT2D eigenvalue weighted by Crippen LogP contribution is -2.16. The Labute approximate surface area is 124 Å². The van der Waals surface area contributed by atoms with Crippen LogP contribution in [0.15, 0.2) is 36.4 Å². The van der Waals surface area contributed by atoms with Crippen LogP contribution in [-0.2, 0) is 0 Å². The van der Waals surface area contributed by atoms with Gasteiger partial charge in [-0.05, 0) is 51.3 Å². The zero-order valence-electron chi connectivity index (χ0n) is 11.8. The molecule has 1 aromatic heterocycles. The summed E-state index contributed by atoms with van der Waals surface area (Å²) < 4.78 is 0. The molecule has 20 heavy (non-hydrogen) atoms. The Morgan fingerprint density at radius 1 is 1.05 bits per heavy atom. The van der Waals surface area contributed by atoms with Gasteiger partial charge in [-0.2, -0.15) is 0 Å². The van der Waals surface area contributed by atoms with Crippen LogP contribution in [0.4, 0.5) is 5.82 Å². The van der Waals surface area contributed by atoms with Crippen molar-refractivity contribution in [3.63, 3.8) is 0 Å². The van der Waals surface area contributed by atoms with Gasteiger partial charge in [0.05, 0.1) is 5.69 Å². The Kier molecular flexibility index (Phi) is 5.32. The second kappa shape index (κ2) is 7.22. The van der Waals surface area contributed by atoms with Crippen molar-refractivity contribution in [2.75, 3.05) is 32.5 Å². The molecule has 0 aliphatic heterocycles. The average molecular weight is 291 g/mol. The van der Waals surface area contributed by atoms with Crippen molar-refractivity contribution in [3.05, 3.63) is 41.4 Å². The van der Waals surface area contributed by atoms with Crippen LogP contribution in [0.1, 0.15) is 6.42 Å². The molecule has 0 saturated carbocycles. The molecule has 2 aromatic rings. The number of hydrogen-bond acceptors (Lipinski definition) is 4. The summed E-state index contributed by atoms with van der Waals surface area (Å²) in [5.41, 5.74) is 1.86.